The number of aliphatic carboxylic acids is 1. The molecular formula is C26H25N3O5. The summed E-state index contributed by atoms with van der Waals surface area (Å²) in [7, 11) is 0. The Bertz CT molecular complexity index is 1160. The molecule has 1 heterocycles. The van der Waals surface area contributed by atoms with E-state index >= 15 is 0 Å². The molecule has 8 heteroatoms. The number of anilines is 1. The second-order valence-corrected chi connectivity index (χ2v) is 8.06. The highest BCUT2D eigenvalue weighted by Crippen LogP contribution is 2.44. The highest BCUT2D eigenvalue weighted by Gasteiger charge is 2.29. The van der Waals surface area contributed by atoms with Crippen LogP contribution in [0.4, 0.5) is 10.5 Å². The van der Waals surface area contributed by atoms with Crippen molar-refractivity contribution in [3.63, 3.8) is 0 Å². The Hall–Kier alpha value is -4.20. The Kier molecular flexibility index (Phi) is 6.87. The molecule has 0 bridgehead atoms. The van der Waals surface area contributed by atoms with Gasteiger partial charge in [-0.1, -0.05) is 55.5 Å². The van der Waals surface area contributed by atoms with Crippen molar-refractivity contribution in [3.8, 4) is 11.1 Å². The molecule has 2 amide bonds. The van der Waals surface area contributed by atoms with Gasteiger partial charge in [0.1, 0.15) is 12.3 Å². The van der Waals surface area contributed by atoms with Crippen molar-refractivity contribution in [3.05, 3.63) is 83.7 Å². The molecule has 174 valence electrons. The van der Waals surface area contributed by atoms with Gasteiger partial charge in [0.25, 0.3) is 5.91 Å². The van der Waals surface area contributed by atoms with Gasteiger partial charge in [0, 0.05) is 12.0 Å². The first-order valence-corrected chi connectivity index (χ1v) is 11.1. The van der Waals surface area contributed by atoms with Crippen molar-refractivity contribution in [2.24, 2.45) is 0 Å². The van der Waals surface area contributed by atoms with E-state index in [0.717, 1.165) is 22.3 Å². The number of nitrogens with one attached hydrogen (secondary N) is 2. The molecule has 0 saturated heterocycles. The standard InChI is InChI=1S/C26H25N3O5/c1-2-16(13-24(30)31)28-25(32)23-12-11-17(14-27-23)29-26(33)34-15-22-20-9-5-3-7-18(20)19-8-4-6-10-21(19)22/h3-12,14,16,22H,2,13,15H2,1H3,(H,28,32)(H,29,33)(H,30,31). The predicted octanol–water partition coefficient (Wildman–Crippen LogP) is 4.43. The molecular weight excluding hydrogens is 434 g/mol. The van der Waals surface area contributed by atoms with Gasteiger partial charge in [0.15, 0.2) is 0 Å². The van der Waals surface area contributed by atoms with Gasteiger partial charge in [-0.05, 0) is 40.8 Å². The number of ether oxygens (including phenoxy) is 1. The summed E-state index contributed by atoms with van der Waals surface area (Å²) in [6.45, 7) is 1.98. The number of carbonyl (C=O) groups is 3. The van der Waals surface area contributed by atoms with Crippen molar-refractivity contribution in [2.45, 2.75) is 31.7 Å². The smallest absolute Gasteiger partial charge is 0.411 e. The summed E-state index contributed by atoms with van der Waals surface area (Å²) in [5, 5.41) is 14.2. The van der Waals surface area contributed by atoms with E-state index in [1.54, 1.807) is 13.0 Å². The molecule has 1 aliphatic carbocycles. The summed E-state index contributed by atoms with van der Waals surface area (Å²) in [5.74, 6) is -1.50. The van der Waals surface area contributed by atoms with Crippen LogP contribution >= 0.6 is 0 Å². The second-order valence-electron chi connectivity index (χ2n) is 8.06. The summed E-state index contributed by atoms with van der Waals surface area (Å²) in [6, 6.07) is 18.7. The number of aromatic nitrogens is 1. The van der Waals surface area contributed by atoms with E-state index in [1.807, 2.05) is 24.3 Å². The van der Waals surface area contributed by atoms with Crippen LogP contribution in [0.1, 0.15) is 47.3 Å². The number of nitrogens with zero attached hydrogens (tertiary/aromatic N) is 1. The molecule has 1 atom stereocenters. The van der Waals surface area contributed by atoms with Gasteiger partial charge in [-0.3, -0.25) is 14.9 Å². The van der Waals surface area contributed by atoms with E-state index in [4.69, 9.17) is 9.84 Å². The zero-order valence-corrected chi connectivity index (χ0v) is 18.7. The van der Waals surface area contributed by atoms with Gasteiger partial charge in [-0.25, -0.2) is 9.78 Å². The number of hydrogen-bond donors (Lipinski definition) is 3. The fourth-order valence-electron chi connectivity index (χ4n) is 4.12. The van der Waals surface area contributed by atoms with Crippen LogP contribution < -0.4 is 10.6 Å². The Morgan fingerprint density at radius 3 is 2.21 bits per heavy atom. The molecule has 0 fully saturated rings. The quantitative estimate of drug-likeness (QED) is 0.459. The monoisotopic (exact) mass is 459 g/mol. The molecule has 3 N–H and O–H groups in total. The zero-order valence-electron chi connectivity index (χ0n) is 18.7. The van der Waals surface area contributed by atoms with E-state index in [-0.39, 0.29) is 24.6 Å². The van der Waals surface area contributed by atoms with Gasteiger partial charge in [0.05, 0.1) is 18.3 Å². The van der Waals surface area contributed by atoms with Gasteiger partial charge in [0.2, 0.25) is 0 Å². The molecule has 1 aliphatic rings. The van der Waals surface area contributed by atoms with Crippen molar-refractivity contribution < 1.29 is 24.2 Å². The lowest BCUT2D eigenvalue weighted by Crippen LogP contribution is -2.36. The highest BCUT2D eigenvalue weighted by atomic mass is 16.5. The molecule has 3 aromatic rings. The third-order valence-electron chi connectivity index (χ3n) is 5.84. The first kappa shape index (κ1) is 23.0. The molecule has 0 aliphatic heterocycles. The number of carboxylic acids is 1. The Labute approximate surface area is 197 Å². The van der Waals surface area contributed by atoms with Crippen LogP contribution in [0.15, 0.2) is 66.9 Å². The first-order chi connectivity index (χ1) is 16.5. The third kappa shape index (κ3) is 5.06. The van der Waals surface area contributed by atoms with Crippen LogP contribution in [-0.4, -0.2) is 40.7 Å². The Morgan fingerprint density at radius 1 is 1.00 bits per heavy atom. The number of benzene rings is 2. The average molecular weight is 460 g/mol. The lowest BCUT2D eigenvalue weighted by Gasteiger charge is -2.15. The summed E-state index contributed by atoms with van der Waals surface area (Å²) in [4.78, 5) is 39.6. The van der Waals surface area contributed by atoms with E-state index in [0.29, 0.717) is 12.1 Å². The zero-order chi connectivity index (χ0) is 24.1. The van der Waals surface area contributed by atoms with Crippen molar-refractivity contribution in [2.75, 3.05) is 11.9 Å². The number of carboxylic acid groups (broad SMARTS) is 1. The summed E-state index contributed by atoms with van der Waals surface area (Å²) >= 11 is 0. The lowest BCUT2D eigenvalue weighted by molar-refractivity contribution is -0.137. The highest BCUT2D eigenvalue weighted by molar-refractivity contribution is 5.93. The Balaban J connectivity index is 1.34. The predicted molar refractivity (Wildman–Crippen MR) is 127 cm³/mol. The third-order valence-corrected chi connectivity index (χ3v) is 5.84. The topological polar surface area (TPSA) is 118 Å². The minimum Gasteiger partial charge on any atom is -0.481 e. The van der Waals surface area contributed by atoms with E-state index in [9.17, 15) is 14.4 Å². The van der Waals surface area contributed by atoms with E-state index in [2.05, 4.69) is 39.9 Å². The minimum absolute atomic E-state index is 0.0420. The van der Waals surface area contributed by atoms with Crippen LogP contribution in [0.25, 0.3) is 11.1 Å². The summed E-state index contributed by atoms with van der Waals surface area (Å²) < 4.78 is 5.51. The Morgan fingerprint density at radius 2 is 1.65 bits per heavy atom. The fraction of sp³-hybridized carbons (Fsp3) is 0.231. The maximum Gasteiger partial charge on any atom is 0.411 e. The van der Waals surface area contributed by atoms with Crippen LogP contribution in [0.3, 0.4) is 0 Å². The summed E-state index contributed by atoms with van der Waals surface area (Å²) in [6.07, 6.45) is 1.06. The maximum atomic E-state index is 12.4. The van der Waals surface area contributed by atoms with Crippen molar-refractivity contribution >= 4 is 23.7 Å². The van der Waals surface area contributed by atoms with Crippen LogP contribution in [0.2, 0.25) is 0 Å². The number of rotatable bonds is 8. The number of hydrogen-bond acceptors (Lipinski definition) is 5. The number of amides is 2. The maximum absolute atomic E-state index is 12.4. The van der Waals surface area contributed by atoms with Crippen LogP contribution in [0, 0.1) is 0 Å². The molecule has 34 heavy (non-hydrogen) atoms. The van der Waals surface area contributed by atoms with Crippen molar-refractivity contribution in [1.29, 1.82) is 0 Å². The largest absolute Gasteiger partial charge is 0.481 e. The molecule has 1 unspecified atom stereocenters. The van der Waals surface area contributed by atoms with E-state index in [1.165, 1.54) is 12.3 Å². The number of fused-ring (bicyclic) bond motifs is 3. The van der Waals surface area contributed by atoms with Gasteiger partial charge in [-0.15, -0.1) is 0 Å². The SMILES string of the molecule is CCC(CC(=O)O)NC(=O)c1ccc(NC(=O)OCC2c3ccccc3-c3ccccc32)cn1. The molecule has 4 rings (SSSR count). The van der Waals surface area contributed by atoms with E-state index < -0.39 is 24.0 Å². The molecule has 0 saturated carbocycles. The second kappa shape index (κ2) is 10.2. The molecule has 0 radical (unpaired) electrons. The number of carbonyl (C=O) groups excluding carboxylic acids is 2. The molecule has 2 aromatic carbocycles. The lowest BCUT2D eigenvalue weighted by atomic mass is 9.98. The van der Waals surface area contributed by atoms with Crippen molar-refractivity contribution in [1.82, 2.24) is 10.3 Å². The summed E-state index contributed by atoms with van der Waals surface area (Å²) in [5.41, 5.74) is 5.06. The molecule has 8 nitrogen and oxygen atoms in total. The minimum atomic E-state index is -0.984. The van der Waals surface area contributed by atoms with Gasteiger partial charge in [-0.2, -0.15) is 0 Å². The normalized spacial score (nSPS) is 12.9. The molecule has 1 aromatic heterocycles. The van der Waals surface area contributed by atoms with Gasteiger partial charge >= 0.3 is 12.1 Å². The first-order valence-electron chi connectivity index (χ1n) is 11.1. The molecule has 0 spiro atoms. The number of pyridine rings is 1. The van der Waals surface area contributed by atoms with Crippen LogP contribution in [-0.2, 0) is 9.53 Å². The van der Waals surface area contributed by atoms with Crippen LogP contribution in [0.5, 0.6) is 0 Å². The average Bonchev–Trinajstić information content (AvgIpc) is 3.16. The fourth-order valence-corrected chi connectivity index (χ4v) is 4.12. The van der Waals surface area contributed by atoms with Gasteiger partial charge < -0.3 is 15.2 Å².